The Morgan fingerprint density at radius 2 is 2.12 bits per heavy atom. The third-order valence-electron chi connectivity index (χ3n) is 4.69. The summed E-state index contributed by atoms with van der Waals surface area (Å²) in [6.45, 7) is 1.25. The van der Waals surface area contributed by atoms with Gasteiger partial charge in [0.25, 0.3) is 5.91 Å². The van der Waals surface area contributed by atoms with E-state index in [9.17, 15) is 13.6 Å². The van der Waals surface area contributed by atoms with Crippen LogP contribution < -0.4 is 10.0 Å². The minimum absolute atomic E-state index is 0.133. The van der Waals surface area contributed by atoms with Gasteiger partial charge in [0, 0.05) is 32.0 Å². The Morgan fingerprint density at radius 3 is 2.92 bits per heavy atom. The van der Waals surface area contributed by atoms with Crippen LogP contribution in [0.15, 0.2) is 53.7 Å². The van der Waals surface area contributed by atoms with E-state index in [-0.39, 0.29) is 10.8 Å². The topological polar surface area (TPSA) is 97.4 Å². The number of amides is 1. The fourth-order valence-corrected chi connectivity index (χ4v) is 5.04. The van der Waals surface area contributed by atoms with Crippen molar-refractivity contribution in [3.05, 3.63) is 54.4 Å². The number of sulfonamides is 1. The lowest BCUT2D eigenvalue weighted by Gasteiger charge is -2.29. The molecule has 3 heterocycles. The van der Waals surface area contributed by atoms with Crippen molar-refractivity contribution in [2.24, 2.45) is 0 Å². The van der Waals surface area contributed by atoms with E-state index < -0.39 is 15.9 Å². The van der Waals surface area contributed by atoms with Gasteiger partial charge in [-0.15, -0.1) is 4.72 Å². The van der Waals surface area contributed by atoms with Crippen molar-refractivity contribution in [3.63, 3.8) is 0 Å². The van der Waals surface area contributed by atoms with E-state index in [0.29, 0.717) is 37.3 Å². The maximum Gasteiger partial charge on any atom is 0.255 e. The molecule has 4 rings (SSSR count). The molecular formula is C17H18N4O3S. The molecule has 0 bridgehead atoms. The predicted molar refractivity (Wildman–Crippen MR) is 92.7 cm³/mol. The van der Waals surface area contributed by atoms with Gasteiger partial charge in [0.15, 0.2) is 15.3 Å². The van der Waals surface area contributed by atoms with Gasteiger partial charge >= 0.3 is 0 Å². The van der Waals surface area contributed by atoms with Crippen LogP contribution in [-0.4, -0.2) is 45.5 Å². The predicted octanol–water partition coefficient (Wildman–Crippen LogP) is 1.29. The van der Waals surface area contributed by atoms with E-state index in [1.54, 1.807) is 47.5 Å². The van der Waals surface area contributed by atoms with Gasteiger partial charge in [-0.2, -0.15) is 0 Å². The summed E-state index contributed by atoms with van der Waals surface area (Å²) in [5.41, 5.74) is 0.381. The Labute approximate surface area is 146 Å². The van der Waals surface area contributed by atoms with Crippen LogP contribution in [0.4, 0.5) is 5.69 Å². The number of hydrogen-bond acceptors (Lipinski definition) is 5. The Hall–Kier alpha value is -2.29. The number of likely N-dealkylation sites (tertiary alicyclic amines) is 1. The summed E-state index contributed by atoms with van der Waals surface area (Å²) in [4.78, 5) is 18.5. The minimum atomic E-state index is -3.65. The van der Waals surface area contributed by atoms with E-state index >= 15 is 0 Å². The first kappa shape index (κ1) is 16.2. The SMILES string of the molecule is O=C(c1cccnc1)N1CCC2(CNc3ccccc3[S+](=O)([O-])N2)C1. The monoisotopic (exact) mass is 358 g/mol. The van der Waals surface area contributed by atoms with E-state index in [2.05, 4.69) is 15.0 Å². The number of aromatic nitrogens is 1. The van der Waals surface area contributed by atoms with Crippen molar-refractivity contribution in [1.82, 2.24) is 14.6 Å². The van der Waals surface area contributed by atoms with Gasteiger partial charge in [0.1, 0.15) is 0 Å². The Balaban J connectivity index is 1.59. The van der Waals surface area contributed by atoms with E-state index in [1.165, 1.54) is 6.20 Å². The molecule has 8 heteroatoms. The lowest BCUT2D eigenvalue weighted by molar-refractivity contribution is 0.0782. The molecule has 1 saturated heterocycles. The van der Waals surface area contributed by atoms with Crippen LogP contribution in [0.5, 0.6) is 0 Å². The number of carbonyl (C=O) groups is 1. The molecule has 1 amide bonds. The second kappa shape index (κ2) is 5.91. The summed E-state index contributed by atoms with van der Waals surface area (Å²) in [7, 11) is -3.65. The molecule has 1 spiro atoms. The number of para-hydroxylation sites is 1. The molecule has 130 valence electrons. The van der Waals surface area contributed by atoms with Crippen LogP contribution in [0.25, 0.3) is 0 Å². The summed E-state index contributed by atoms with van der Waals surface area (Å²) >= 11 is 0. The zero-order valence-electron chi connectivity index (χ0n) is 13.5. The highest BCUT2D eigenvalue weighted by molar-refractivity contribution is 7.96. The van der Waals surface area contributed by atoms with Crippen molar-refractivity contribution in [2.45, 2.75) is 16.9 Å². The molecular weight excluding hydrogens is 340 g/mol. The van der Waals surface area contributed by atoms with Crippen LogP contribution in [0.2, 0.25) is 0 Å². The van der Waals surface area contributed by atoms with Crippen LogP contribution in [-0.2, 0) is 14.6 Å². The third kappa shape index (κ3) is 2.92. The normalized spacial score (nSPS) is 28.3. The minimum Gasteiger partial charge on any atom is -0.593 e. The third-order valence-corrected chi connectivity index (χ3v) is 6.33. The molecule has 1 fully saturated rings. The first-order valence-electron chi connectivity index (χ1n) is 8.05. The number of fused-ring (bicyclic) bond motifs is 1. The number of nitrogens with one attached hydrogen (secondary N) is 2. The maximum absolute atomic E-state index is 12.7. The number of rotatable bonds is 1. The second-order valence-electron chi connectivity index (χ2n) is 6.45. The van der Waals surface area contributed by atoms with Crippen LogP contribution in [0.3, 0.4) is 0 Å². The van der Waals surface area contributed by atoms with Gasteiger partial charge < -0.3 is 14.8 Å². The number of carbonyl (C=O) groups excluding carboxylic acids is 1. The van der Waals surface area contributed by atoms with Gasteiger partial charge in [-0.3, -0.25) is 9.78 Å². The van der Waals surface area contributed by atoms with Gasteiger partial charge in [0.05, 0.1) is 16.8 Å². The molecule has 2 atom stereocenters. The molecule has 25 heavy (non-hydrogen) atoms. The Bertz CT molecular complexity index is 860. The summed E-state index contributed by atoms with van der Waals surface area (Å²) in [5.74, 6) is -0.133. The number of hydrogen-bond donors (Lipinski definition) is 2. The van der Waals surface area contributed by atoms with Crippen molar-refractivity contribution in [1.29, 1.82) is 0 Å². The molecule has 2 aliphatic heterocycles. The lowest BCUT2D eigenvalue weighted by atomic mass is 10.00. The highest BCUT2D eigenvalue weighted by atomic mass is 32.3. The van der Waals surface area contributed by atoms with Gasteiger partial charge in [0.2, 0.25) is 0 Å². The largest absolute Gasteiger partial charge is 0.593 e. The molecule has 2 aromatic rings. The Morgan fingerprint density at radius 1 is 1.28 bits per heavy atom. The van der Waals surface area contributed by atoms with Gasteiger partial charge in [-0.05, 0) is 30.7 Å². The molecule has 0 aliphatic carbocycles. The van der Waals surface area contributed by atoms with Crippen LogP contribution >= 0.6 is 0 Å². The van der Waals surface area contributed by atoms with Crippen molar-refractivity contribution >= 4 is 22.0 Å². The molecule has 2 unspecified atom stereocenters. The standard InChI is InChI=1S/C17H18N4O3S/c22-16(13-4-3-8-18-10-13)21-9-7-17(12-21)11-19-14-5-1-2-6-15(14)25(23,24)20-17/h1-6,8,10H,7,9,11-12H2,(H2-,19,20,23,24). The Kier molecular flexibility index (Phi) is 3.82. The first-order valence-corrected chi connectivity index (χ1v) is 9.54. The summed E-state index contributed by atoms with van der Waals surface area (Å²) in [5, 5.41) is 3.22. The van der Waals surface area contributed by atoms with Crippen molar-refractivity contribution < 1.29 is 13.6 Å². The molecule has 2 N–H and O–H groups in total. The van der Waals surface area contributed by atoms with Gasteiger partial charge in [-0.1, -0.05) is 16.3 Å². The molecule has 0 radical (unpaired) electrons. The van der Waals surface area contributed by atoms with Crippen molar-refractivity contribution in [2.75, 3.05) is 25.0 Å². The first-order chi connectivity index (χ1) is 12.0. The number of pyridine rings is 1. The second-order valence-corrected chi connectivity index (χ2v) is 8.10. The highest BCUT2D eigenvalue weighted by Crippen LogP contribution is 2.33. The summed E-state index contributed by atoms with van der Waals surface area (Å²) < 4.78 is 28.3. The fourth-order valence-electron chi connectivity index (χ4n) is 3.43. The van der Waals surface area contributed by atoms with E-state index in [0.717, 1.165) is 0 Å². The van der Waals surface area contributed by atoms with E-state index in [1.807, 2.05) is 0 Å². The molecule has 1 aromatic heterocycles. The van der Waals surface area contributed by atoms with Gasteiger partial charge in [-0.25, -0.2) is 0 Å². The zero-order chi connectivity index (χ0) is 17.5. The summed E-state index contributed by atoms with van der Waals surface area (Å²) in [6.07, 6.45) is 3.70. The molecule has 1 aromatic carbocycles. The number of nitrogens with zero attached hydrogens (tertiary/aromatic N) is 2. The fraction of sp³-hybridized carbons (Fsp3) is 0.294. The quantitative estimate of drug-likeness (QED) is 0.749. The average Bonchev–Trinajstić information content (AvgIpc) is 2.99. The lowest BCUT2D eigenvalue weighted by Crippen LogP contribution is -2.55. The van der Waals surface area contributed by atoms with Crippen LogP contribution in [0.1, 0.15) is 16.8 Å². The van der Waals surface area contributed by atoms with Crippen LogP contribution in [0, 0.1) is 0 Å². The maximum atomic E-state index is 12.7. The zero-order valence-corrected chi connectivity index (χ0v) is 14.3. The van der Waals surface area contributed by atoms with E-state index in [4.69, 9.17) is 0 Å². The summed E-state index contributed by atoms with van der Waals surface area (Å²) in [6, 6.07) is 10.3. The number of benzene rings is 1. The average molecular weight is 358 g/mol. The highest BCUT2D eigenvalue weighted by Gasteiger charge is 2.47. The van der Waals surface area contributed by atoms with Crippen molar-refractivity contribution in [3.8, 4) is 0 Å². The molecule has 0 saturated carbocycles. The molecule has 2 aliphatic rings. The number of anilines is 1. The molecule has 7 nitrogen and oxygen atoms in total. The smallest absolute Gasteiger partial charge is 0.255 e.